The molecular weight excluding hydrogens is 266 g/mol. The zero-order valence-corrected chi connectivity index (χ0v) is 11.1. The van der Waals surface area contributed by atoms with Gasteiger partial charge in [-0.15, -0.1) is 0 Å². The number of nitro benzene ring substituents is 1. The average Bonchev–Trinajstić information content (AvgIpc) is 2.45. The van der Waals surface area contributed by atoms with Gasteiger partial charge in [0.2, 0.25) is 11.7 Å². The van der Waals surface area contributed by atoms with E-state index in [1.807, 2.05) is 0 Å². The maximum absolute atomic E-state index is 11.4. The van der Waals surface area contributed by atoms with Gasteiger partial charge in [-0.05, 0) is 11.6 Å². The van der Waals surface area contributed by atoms with E-state index in [1.54, 1.807) is 6.07 Å². The zero-order chi connectivity index (χ0) is 14.7. The number of nitro groups is 1. The molecule has 0 radical (unpaired) electrons. The number of methoxy groups -OCH3 is 2. The third-order valence-electron chi connectivity index (χ3n) is 3.02. The van der Waals surface area contributed by atoms with Crippen molar-refractivity contribution in [3.63, 3.8) is 0 Å². The Morgan fingerprint density at radius 3 is 2.65 bits per heavy atom. The molecule has 1 heterocycles. The summed E-state index contributed by atoms with van der Waals surface area (Å²) in [6.07, 6.45) is -0.0962. The van der Waals surface area contributed by atoms with Crippen LogP contribution in [0, 0.1) is 10.1 Å². The van der Waals surface area contributed by atoms with E-state index in [9.17, 15) is 14.9 Å². The normalized spacial score (nSPS) is 18.3. The molecule has 1 aromatic rings. The summed E-state index contributed by atoms with van der Waals surface area (Å²) in [6, 6.07) is 2.97. The van der Waals surface area contributed by atoms with Crippen LogP contribution in [0.1, 0.15) is 18.2 Å². The van der Waals surface area contributed by atoms with Crippen molar-refractivity contribution in [3.8, 4) is 11.5 Å². The van der Waals surface area contributed by atoms with Crippen LogP contribution in [0.2, 0.25) is 0 Å². The summed E-state index contributed by atoms with van der Waals surface area (Å²) < 4.78 is 10.1. The third kappa shape index (κ3) is 2.64. The van der Waals surface area contributed by atoms with Crippen LogP contribution in [0.5, 0.6) is 11.5 Å². The summed E-state index contributed by atoms with van der Waals surface area (Å²) in [5.41, 5.74) is 0.339. The lowest BCUT2D eigenvalue weighted by Crippen LogP contribution is -2.44. The number of carbonyl (C=O) groups excluding carboxylic acids is 1. The number of hydrogen-bond donors (Lipinski definition) is 2. The predicted molar refractivity (Wildman–Crippen MR) is 69.7 cm³/mol. The number of nitrogens with zero attached hydrogens (tertiary/aromatic N) is 1. The first-order valence-corrected chi connectivity index (χ1v) is 6.00. The molecule has 1 aromatic carbocycles. The summed E-state index contributed by atoms with van der Waals surface area (Å²) in [5, 5.41) is 16.9. The lowest BCUT2D eigenvalue weighted by Gasteiger charge is -2.25. The fourth-order valence-corrected chi connectivity index (χ4v) is 2.08. The number of ether oxygens (including phenoxy) is 2. The van der Waals surface area contributed by atoms with Crippen LogP contribution in [0.3, 0.4) is 0 Å². The Kier molecular flexibility index (Phi) is 4.04. The highest BCUT2D eigenvalue weighted by atomic mass is 16.6. The minimum atomic E-state index is -0.546. The fraction of sp³-hybridized carbons (Fsp3) is 0.417. The van der Waals surface area contributed by atoms with Gasteiger partial charge >= 0.3 is 5.69 Å². The standard InChI is InChI=1S/C12H15N3O5/c1-19-9-6-7(12-13-4-3-10(16)14-12)5-8(15(17)18)11(9)20-2/h5-6,12-13H,3-4H2,1-2H3,(H,14,16)/t12-/m1/s1. The first kappa shape index (κ1) is 14.1. The molecule has 1 fully saturated rings. The van der Waals surface area contributed by atoms with E-state index in [0.717, 1.165) is 0 Å². The van der Waals surface area contributed by atoms with Crippen LogP contribution in [-0.4, -0.2) is 31.6 Å². The van der Waals surface area contributed by atoms with Gasteiger partial charge in [0.05, 0.1) is 19.1 Å². The fourth-order valence-electron chi connectivity index (χ4n) is 2.08. The van der Waals surface area contributed by atoms with Gasteiger partial charge < -0.3 is 14.8 Å². The molecule has 0 aliphatic carbocycles. The van der Waals surface area contributed by atoms with E-state index in [-0.39, 0.29) is 23.1 Å². The van der Waals surface area contributed by atoms with E-state index in [0.29, 0.717) is 18.5 Å². The minimum Gasteiger partial charge on any atom is -0.493 e. The zero-order valence-electron chi connectivity index (χ0n) is 11.1. The molecule has 1 saturated heterocycles. The smallest absolute Gasteiger partial charge is 0.315 e. The second-order valence-electron chi connectivity index (χ2n) is 4.24. The van der Waals surface area contributed by atoms with Gasteiger partial charge in [-0.1, -0.05) is 0 Å². The molecule has 0 spiro atoms. The lowest BCUT2D eigenvalue weighted by atomic mass is 10.1. The van der Waals surface area contributed by atoms with Crippen molar-refractivity contribution >= 4 is 11.6 Å². The number of hydrogen-bond acceptors (Lipinski definition) is 6. The Morgan fingerprint density at radius 2 is 2.10 bits per heavy atom. The Bertz CT molecular complexity index is 546. The van der Waals surface area contributed by atoms with Gasteiger partial charge in [-0.25, -0.2) is 0 Å². The quantitative estimate of drug-likeness (QED) is 0.622. The van der Waals surface area contributed by atoms with Crippen LogP contribution >= 0.6 is 0 Å². The van der Waals surface area contributed by atoms with Crippen molar-refractivity contribution in [1.29, 1.82) is 0 Å². The van der Waals surface area contributed by atoms with Crippen molar-refractivity contribution in [2.45, 2.75) is 12.6 Å². The van der Waals surface area contributed by atoms with Crippen LogP contribution in [-0.2, 0) is 4.79 Å². The van der Waals surface area contributed by atoms with Gasteiger partial charge in [0.15, 0.2) is 5.75 Å². The topological polar surface area (TPSA) is 103 Å². The van der Waals surface area contributed by atoms with Gasteiger partial charge in [-0.3, -0.25) is 20.2 Å². The van der Waals surface area contributed by atoms with Crippen LogP contribution < -0.4 is 20.1 Å². The summed E-state index contributed by atoms with van der Waals surface area (Å²) in [7, 11) is 2.74. The van der Waals surface area contributed by atoms with Crippen molar-refractivity contribution in [1.82, 2.24) is 10.6 Å². The Morgan fingerprint density at radius 1 is 1.35 bits per heavy atom. The molecular formula is C12H15N3O5. The number of carbonyl (C=O) groups is 1. The predicted octanol–water partition coefficient (Wildman–Crippen LogP) is 0.720. The maximum atomic E-state index is 11.4. The first-order valence-electron chi connectivity index (χ1n) is 6.00. The molecule has 1 atom stereocenters. The van der Waals surface area contributed by atoms with Crippen LogP contribution in [0.4, 0.5) is 5.69 Å². The monoisotopic (exact) mass is 281 g/mol. The number of amides is 1. The third-order valence-corrected chi connectivity index (χ3v) is 3.02. The minimum absolute atomic E-state index is 0.0587. The number of rotatable bonds is 4. The molecule has 1 amide bonds. The molecule has 1 aliphatic rings. The molecule has 1 aliphatic heterocycles. The summed E-state index contributed by atoms with van der Waals surface area (Å²) in [6.45, 7) is 0.513. The van der Waals surface area contributed by atoms with Gasteiger partial charge in [-0.2, -0.15) is 0 Å². The van der Waals surface area contributed by atoms with Crippen molar-refractivity contribution in [2.75, 3.05) is 20.8 Å². The molecule has 8 nitrogen and oxygen atoms in total. The lowest BCUT2D eigenvalue weighted by molar-refractivity contribution is -0.385. The maximum Gasteiger partial charge on any atom is 0.315 e. The van der Waals surface area contributed by atoms with Crippen molar-refractivity contribution < 1.29 is 19.2 Å². The Labute approximate surface area is 115 Å². The van der Waals surface area contributed by atoms with Gasteiger partial charge in [0.25, 0.3) is 0 Å². The Hall–Kier alpha value is -2.35. The van der Waals surface area contributed by atoms with Crippen LogP contribution in [0.25, 0.3) is 0 Å². The SMILES string of the molecule is COc1cc([C@@H]2NCCC(=O)N2)cc([N+](=O)[O-])c1OC. The molecule has 2 N–H and O–H groups in total. The van der Waals surface area contributed by atoms with Gasteiger partial charge in [0, 0.05) is 19.0 Å². The van der Waals surface area contributed by atoms with Crippen molar-refractivity contribution in [2.24, 2.45) is 0 Å². The van der Waals surface area contributed by atoms with Gasteiger partial charge in [0.1, 0.15) is 6.17 Å². The first-order chi connectivity index (χ1) is 9.56. The highest BCUT2D eigenvalue weighted by molar-refractivity contribution is 5.77. The Balaban J connectivity index is 2.46. The molecule has 0 bridgehead atoms. The molecule has 108 valence electrons. The summed E-state index contributed by atoms with van der Waals surface area (Å²) in [4.78, 5) is 22.0. The summed E-state index contributed by atoms with van der Waals surface area (Å²) in [5.74, 6) is 0.202. The second kappa shape index (κ2) is 5.74. The number of benzene rings is 1. The summed E-state index contributed by atoms with van der Waals surface area (Å²) >= 11 is 0. The second-order valence-corrected chi connectivity index (χ2v) is 4.24. The largest absolute Gasteiger partial charge is 0.493 e. The molecule has 0 saturated carbocycles. The molecule has 20 heavy (non-hydrogen) atoms. The van der Waals surface area contributed by atoms with E-state index in [1.165, 1.54) is 20.3 Å². The highest BCUT2D eigenvalue weighted by Crippen LogP contribution is 2.39. The van der Waals surface area contributed by atoms with Crippen LogP contribution in [0.15, 0.2) is 12.1 Å². The van der Waals surface area contributed by atoms with E-state index in [2.05, 4.69) is 10.6 Å². The molecule has 0 aromatic heterocycles. The molecule has 0 unspecified atom stereocenters. The van der Waals surface area contributed by atoms with E-state index >= 15 is 0 Å². The van der Waals surface area contributed by atoms with E-state index in [4.69, 9.17) is 9.47 Å². The van der Waals surface area contributed by atoms with E-state index < -0.39 is 11.1 Å². The molecule has 8 heteroatoms. The molecule has 2 rings (SSSR count). The highest BCUT2D eigenvalue weighted by Gasteiger charge is 2.26. The number of nitrogens with one attached hydrogen (secondary N) is 2. The van der Waals surface area contributed by atoms with Crippen molar-refractivity contribution in [3.05, 3.63) is 27.8 Å². The average molecular weight is 281 g/mol.